The second-order valence-corrected chi connectivity index (χ2v) is 2.76. The molecular formula is C9H10N4. The Balaban J connectivity index is 2.33. The van der Waals surface area contributed by atoms with Crippen LogP contribution in [-0.4, -0.2) is 15.4 Å². The highest BCUT2D eigenvalue weighted by molar-refractivity contribution is 5.57. The number of hydrogen-bond acceptors (Lipinski definition) is 3. The summed E-state index contributed by atoms with van der Waals surface area (Å²) >= 11 is 0. The highest BCUT2D eigenvalue weighted by atomic mass is 15.3. The molecule has 0 saturated carbocycles. The van der Waals surface area contributed by atoms with Crippen molar-refractivity contribution in [3.05, 3.63) is 36.0 Å². The molecule has 0 saturated heterocycles. The molecule has 13 heavy (non-hydrogen) atoms. The van der Waals surface area contributed by atoms with Crippen LogP contribution in [0.2, 0.25) is 0 Å². The Morgan fingerprint density at radius 2 is 2.00 bits per heavy atom. The molecule has 1 aromatic carbocycles. The van der Waals surface area contributed by atoms with E-state index in [-0.39, 0.29) is 0 Å². The van der Waals surface area contributed by atoms with Crippen molar-refractivity contribution in [1.29, 1.82) is 0 Å². The van der Waals surface area contributed by atoms with Crippen molar-refractivity contribution in [3.8, 4) is 11.3 Å². The predicted molar refractivity (Wildman–Crippen MR) is 49.7 cm³/mol. The van der Waals surface area contributed by atoms with E-state index < -0.39 is 0 Å². The van der Waals surface area contributed by atoms with Crippen LogP contribution in [0.25, 0.3) is 11.3 Å². The number of aromatic amines is 1. The number of hydrogen-bond donors (Lipinski definition) is 2. The third-order valence-corrected chi connectivity index (χ3v) is 1.90. The van der Waals surface area contributed by atoms with Gasteiger partial charge in [-0.25, -0.2) is 0 Å². The van der Waals surface area contributed by atoms with E-state index in [1.807, 2.05) is 24.3 Å². The zero-order valence-corrected chi connectivity index (χ0v) is 7.07. The largest absolute Gasteiger partial charge is 0.326 e. The summed E-state index contributed by atoms with van der Waals surface area (Å²) in [4.78, 5) is 0. The van der Waals surface area contributed by atoms with Gasteiger partial charge in [0.05, 0.1) is 0 Å². The van der Waals surface area contributed by atoms with Crippen LogP contribution in [-0.2, 0) is 6.54 Å². The zero-order valence-electron chi connectivity index (χ0n) is 7.07. The number of nitrogens with two attached hydrogens (primary N) is 1. The van der Waals surface area contributed by atoms with Gasteiger partial charge in [0.15, 0.2) is 0 Å². The number of benzene rings is 1. The molecule has 0 amide bonds. The smallest absolute Gasteiger partial charge is 0.112 e. The van der Waals surface area contributed by atoms with Crippen molar-refractivity contribution in [2.75, 3.05) is 0 Å². The Morgan fingerprint density at radius 1 is 1.23 bits per heavy atom. The van der Waals surface area contributed by atoms with Gasteiger partial charge in [-0.2, -0.15) is 0 Å². The van der Waals surface area contributed by atoms with Gasteiger partial charge < -0.3 is 5.73 Å². The van der Waals surface area contributed by atoms with Crippen molar-refractivity contribution in [2.24, 2.45) is 5.73 Å². The fraction of sp³-hybridized carbons (Fsp3) is 0.111. The van der Waals surface area contributed by atoms with E-state index in [1.54, 1.807) is 6.20 Å². The van der Waals surface area contributed by atoms with Crippen LogP contribution in [0.3, 0.4) is 0 Å². The van der Waals surface area contributed by atoms with E-state index in [9.17, 15) is 0 Å². The van der Waals surface area contributed by atoms with Crippen molar-refractivity contribution >= 4 is 0 Å². The summed E-state index contributed by atoms with van der Waals surface area (Å²) < 4.78 is 0. The highest BCUT2D eigenvalue weighted by Gasteiger charge is 1.98. The molecule has 2 rings (SSSR count). The molecule has 0 aliphatic rings. The number of nitrogens with zero attached hydrogens (tertiary/aromatic N) is 2. The second-order valence-electron chi connectivity index (χ2n) is 2.76. The Morgan fingerprint density at radius 3 is 2.54 bits per heavy atom. The van der Waals surface area contributed by atoms with E-state index in [2.05, 4.69) is 15.4 Å². The average molecular weight is 174 g/mol. The average Bonchev–Trinajstić information content (AvgIpc) is 2.71. The maximum absolute atomic E-state index is 5.48. The molecule has 0 fully saturated rings. The Bertz CT molecular complexity index is 363. The molecule has 3 N–H and O–H groups in total. The summed E-state index contributed by atoms with van der Waals surface area (Å²) in [5.74, 6) is 0. The van der Waals surface area contributed by atoms with Crippen LogP contribution in [0.4, 0.5) is 0 Å². The SMILES string of the molecule is NCc1ccc(-c2c[nH]nn2)cc1. The molecule has 1 heterocycles. The van der Waals surface area contributed by atoms with Crippen LogP contribution in [0.5, 0.6) is 0 Å². The van der Waals surface area contributed by atoms with Crippen LogP contribution in [0.1, 0.15) is 5.56 Å². The third-order valence-electron chi connectivity index (χ3n) is 1.90. The minimum Gasteiger partial charge on any atom is -0.326 e. The fourth-order valence-corrected chi connectivity index (χ4v) is 1.15. The van der Waals surface area contributed by atoms with Gasteiger partial charge in [-0.3, -0.25) is 5.10 Å². The number of rotatable bonds is 2. The molecule has 0 bridgehead atoms. The first-order valence-corrected chi connectivity index (χ1v) is 4.06. The molecule has 4 nitrogen and oxygen atoms in total. The Labute approximate surface area is 75.8 Å². The molecule has 4 heteroatoms. The number of aromatic nitrogens is 3. The van der Waals surface area contributed by atoms with E-state index >= 15 is 0 Å². The summed E-state index contributed by atoms with van der Waals surface area (Å²) in [7, 11) is 0. The van der Waals surface area contributed by atoms with Gasteiger partial charge in [0, 0.05) is 18.3 Å². The molecule has 0 aliphatic heterocycles. The number of H-pyrrole nitrogens is 1. The molecule has 0 atom stereocenters. The van der Waals surface area contributed by atoms with Gasteiger partial charge in [-0.1, -0.05) is 29.5 Å². The zero-order chi connectivity index (χ0) is 9.10. The monoisotopic (exact) mass is 174 g/mol. The quantitative estimate of drug-likeness (QED) is 0.711. The minimum atomic E-state index is 0.569. The van der Waals surface area contributed by atoms with E-state index in [0.717, 1.165) is 16.8 Å². The van der Waals surface area contributed by atoms with Gasteiger partial charge in [-0.05, 0) is 5.56 Å². The van der Waals surface area contributed by atoms with Gasteiger partial charge in [0.1, 0.15) is 5.69 Å². The lowest BCUT2D eigenvalue weighted by Crippen LogP contribution is -1.95. The topological polar surface area (TPSA) is 67.6 Å². The molecule has 1 aromatic heterocycles. The lowest BCUT2D eigenvalue weighted by Gasteiger charge is -1.97. The fourth-order valence-electron chi connectivity index (χ4n) is 1.15. The maximum atomic E-state index is 5.48. The first kappa shape index (κ1) is 7.94. The van der Waals surface area contributed by atoms with Crippen molar-refractivity contribution < 1.29 is 0 Å². The summed E-state index contributed by atoms with van der Waals surface area (Å²) in [6.07, 6.45) is 1.76. The van der Waals surface area contributed by atoms with Crippen molar-refractivity contribution in [1.82, 2.24) is 15.4 Å². The van der Waals surface area contributed by atoms with Crippen LogP contribution in [0, 0.1) is 0 Å². The summed E-state index contributed by atoms with van der Waals surface area (Å²) in [6.45, 7) is 0.569. The molecule has 66 valence electrons. The van der Waals surface area contributed by atoms with E-state index in [0.29, 0.717) is 6.54 Å². The Hall–Kier alpha value is -1.68. The molecular weight excluding hydrogens is 164 g/mol. The van der Waals surface area contributed by atoms with Crippen LogP contribution < -0.4 is 5.73 Å². The van der Waals surface area contributed by atoms with Crippen LogP contribution in [0.15, 0.2) is 30.5 Å². The molecule has 0 spiro atoms. The van der Waals surface area contributed by atoms with E-state index in [4.69, 9.17) is 5.73 Å². The summed E-state index contributed by atoms with van der Waals surface area (Å²) in [5.41, 5.74) is 8.50. The normalized spacial score (nSPS) is 10.2. The summed E-state index contributed by atoms with van der Waals surface area (Å²) in [6, 6.07) is 7.95. The predicted octanol–water partition coefficient (Wildman–Crippen LogP) is 0.930. The minimum absolute atomic E-state index is 0.569. The third kappa shape index (κ3) is 1.57. The molecule has 2 aromatic rings. The van der Waals surface area contributed by atoms with Gasteiger partial charge in [0.25, 0.3) is 0 Å². The first-order chi connectivity index (χ1) is 6.40. The maximum Gasteiger partial charge on any atom is 0.112 e. The van der Waals surface area contributed by atoms with Gasteiger partial charge in [0.2, 0.25) is 0 Å². The van der Waals surface area contributed by atoms with Crippen molar-refractivity contribution in [3.63, 3.8) is 0 Å². The van der Waals surface area contributed by atoms with Crippen LogP contribution >= 0.6 is 0 Å². The summed E-state index contributed by atoms with van der Waals surface area (Å²) in [5, 5.41) is 10.2. The standard InChI is InChI=1S/C9H10N4/c10-5-7-1-3-8(4-2-7)9-6-11-13-12-9/h1-4,6H,5,10H2,(H,11,12,13). The lowest BCUT2D eigenvalue weighted by molar-refractivity contribution is 0.942. The Kier molecular flexibility index (Phi) is 2.06. The molecule has 0 aliphatic carbocycles. The first-order valence-electron chi connectivity index (χ1n) is 4.06. The van der Waals surface area contributed by atoms with E-state index in [1.165, 1.54) is 0 Å². The molecule has 0 radical (unpaired) electrons. The van der Waals surface area contributed by atoms with Gasteiger partial charge in [-0.15, -0.1) is 5.10 Å². The second kappa shape index (κ2) is 3.37. The lowest BCUT2D eigenvalue weighted by atomic mass is 10.1. The number of nitrogens with one attached hydrogen (secondary N) is 1. The highest BCUT2D eigenvalue weighted by Crippen LogP contribution is 2.15. The van der Waals surface area contributed by atoms with Crippen molar-refractivity contribution in [2.45, 2.75) is 6.54 Å². The molecule has 0 unspecified atom stereocenters. The van der Waals surface area contributed by atoms with Gasteiger partial charge >= 0.3 is 0 Å².